The number of benzene rings is 2. The van der Waals surface area contributed by atoms with Crippen molar-refractivity contribution < 1.29 is 14.3 Å². The summed E-state index contributed by atoms with van der Waals surface area (Å²) in [4.78, 5) is 56.9. The number of likely N-dealkylation sites (N-methyl/N-ethyl adjacent to an activating group) is 1. The minimum absolute atomic E-state index is 0.110. The molecule has 1 saturated heterocycles. The van der Waals surface area contributed by atoms with Crippen LogP contribution < -0.4 is 26.6 Å². The minimum atomic E-state index is -0.673. The molecule has 2 N–H and O–H groups in total. The van der Waals surface area contributed by atoms with Crippen LogP contribution in [0.15, 0.2) is 58.3 Å². The maximum atomic E-state index is 13.2. The molecule has 6 rings (SSSR count). The fraction of sp³-hybridized carbons (Fsp3) is 0.343. The Bertz CT molecular complexity index is 2040. The zero-order chi connectivity index (χ0) is 33.6. The number of anilines is 1. The molecule has 2 atom stereocenters. The van der Waals surface area contributed by atoms with Gasteiger partial charge in [-0.25, -0.2) is 9.78 Å². The third-order valence-corrected chi connectivity index (χ3v) is 9.69. The van der Waals surface area contributed by atoms with Crippen molar-refractivity contribution in [3.63, 3.8) is 0 Å². The van der Waals surface area contributed by atoms with E-state index in [1.807, 2.05) is 37.3 Å². The number of halogens is 1. The molecule has 0 unspecified atom stereocenters. The van der Waals surface area contributed by atoms with Crippen LogP contribution in [0.4, 0.5) is 5.69 Å². The Hall–Kier alpha value is -4.74. The van der Waals surface area contributed by atoms with Gasteiger partial charge in [0.05, 0.1) is 17.8 Å². The van der Waals surface area contributed by atoms with Gasteiger partial charge in [-0.15, -0.1) is 0 Å². The first-order valence-electron chi connectivity index (χ1n) is 15.5. The molecule has 2 amide bonds. The molecule has 2 aromatic carbocycles. The fourth-order valence-corrected chi connectivity index (χ4v) is 7.08. The van der Waals surface area contributed by atoms with Crippen molar-refractivity contribution in [2.45, 2.75) is 44.7 Å². The number of carbonyl (C=O) groups excluding carboxylic acids is 2. The first kappa shape index (κ1) is 32.2. The monoisotopic (exact) mass is 656 g/mol. The average Bonchev–Trinajstić information content (AvgIpc) is 3.68. The summed E-state index contributed by atoms with van der Waals surface area (Å²) >= 11 is 7.12. The highest BCUT2D eigenvalue weighted by molar-refractivity contribution is 6.36. The second kappa shape index (κ2) is 12.8. The van der Waals surface area contributed by atoms with Crippen LogP contribution in [-0.4, -0.2) is 57.6 Å². The number of nitrogens with one attached hydrogen (secondary N) is 2. The Balaban J connectivity index is 1.30. The highest BCUT2D eigenvalue weighted by Crippen LogP contribution is 2.44. The number of hydrogen-bond acceptors (Lipinski definition) is 7. The standard InChI is InChI=1S/C35H37ClN6O5/c1-19-22(8-7-11-26(19)38-32(44)25-18-41(3)35(46)42(4)34(25)45)23-9-6-10-24(31(23)36)27-16-20-12-14-28(30(20)33(39-27)47-5)40(2)17-21-13-15-29(43)37-21/h6-11,16,18,21,28H,12-15,17H2,1-5H3,(H,37,43)(H,38,44)/t21-,28-/m0/s1. The van der Waals surface area contributed by atoms with Gasteiger partial charge in [-0.05, 0) is 62.1 Å². The number of nitrogens with zero attached hydrogens (tertiary/aromatic N) is 4. The third kappa shape index (κ3) is 5.96. The number of aryl methyl sites for hydroxylation is 2. The lowest BCUT2D eigenvalue weighted by Gasteiger charge is -2.28. The van der Waals surface area contributed by atoms with Crippen molar-refractivity contribution in [1.29, 1.82) is 0 Å². The predicted octanol–water partition coefficient (Wildman–Crippen LogP) is 4.23. The van der Waals surface area contributed by atoms with Crippen LogP contribution in [0.3, 0.4) is 0 Å². The van der Waals surface area contributed by atoms with Crippen LogP contribution in [0.1, 0.15) is 52.4 Å². The molecule has 0 radical (unpaired) electrons. The zero-order valence-corrected chi connectivity index (χ0v) is 27.8. The van der Waals surface area contributed by atoms with Gasteiger partial charge in [0.25, 0.3) is 11.5 Å². The summed E-state index contributed by atoms with van der Waals surface area (Å²) in [6, 6.07) is 13.6. The number of pyridine rings is 1. The van der Waals surface area contributed by atoms with Crippen molar-refractivity contribution in [2.75, 3.05) is 26.0 Å². The third-order valence-electron chi connectivity index (χ3n) is 9.29. The van der Waals surface area contributed by atoms with Crippen LogP contribution in [0.5, 0.6) is 5.88 Å². The molecule has 2 aromatic heterocycles. The van der Waals surface area contributed by atoms with Crippen molar-refractivity contribution in [3.05, 3.63) is 96.8 Å². The van der Waals surface area contributed by atoms with Crippen molar-refractivity contribution in [1.82, 2.24) is 24.3 Å². The number of ether oxygens (including phenoxy) is 1. The van der Waals surface area contributed by atoms with E-state index in [0.717, 1.165) is 63.8 Å². The predicted molar refractivity (Wildman–Crippen MR) is 181 cm³/mol. The van der Waals surface area contributed by atoms with Gasteiger partial charge in [-0.2, -0.15) is 0 Å². The molecule has 12 heteroatoms. The van der Waals surface area contributed by atoms with E-state index in [1.54, 1.807) is 13.2 Å². The largest absolute Gasteiger partial charge is 0.481 e. The number of fused-ring (bicyclic) bond motifs is 1. The molecule has 2 aliphatic rings. The molecule has 11 nitrogen and oxygen atoms in total. The molecule has 3 heterocycles. The van der Waals surface area contributed by atoms with Gasteiger partial charge in [0.1, 0.15) is 5.56 Å². The lowest BCUT2D eigenvalue weighted by molar-refractivity contribution is -0.119. The Morgan fingerprint density at radius 2 is 1.81 bits per heavy atom. The lowest BCUT2D eigenvalue weighted by Crippen LogP contribution is -2.40. The molecule has 244 valence electrons. The molecular weight excluding hydrogens is 620 g/mol. The molecule has 1 aliphatic heterocycles. The van der Waals surface area contributed by atoms with E-state index in [1.165, 1.54) is 24.9 Å². The first-order valence-corrected chi connectivity index (χ1v) is 15.9. The topological polar surface area (TPSA) is 128 Å². The van der Waals surface area contributed by atoms with Gasteiger partial charge >= 0.3 is 5.69 Å². The SMILES string of the molecule is COc1nc(-c2cccc(-c3cccc(NC(=O)c4cn(C)c(=O)n(C)c4=O)c3C)c2Cl)cc2c1[C@@H](N(C)C[C@@H]1CCC(=O)N1)CC2. The van der Waals surface area contributed by atoms with Crippen molar-refractivity contribution >= 4 is 29.1 Å². The zero-order valence-electron chi connectivity index (χ0n) is 27.0. The quantitative estimate of drug-likeness (QED) is 0.291. The normalized spacial score (nSPS) is 17.1. The Kier molecular flexibility index (Phi) is 8.78. The number of aromatic nitrogens is 3. The van der Waals surface area contributed by atoms with E-state index < -0.39 is 17.2 Å². The highest BCUT2D eigenvalue weighted by Gasteiger charge is 2.33. The summed E-state index contributed by atoms with van der Waals surface area (Å²) in [5.74, 6) is 0.0557. The Labute approximate surface area is 277 Å². The van der Waals surface area contributed by atoms with Crippen LogP contribution in [0.2, 0.25) is 5.02 Å². The second-order valence-corrected chi connectivity index (χ2v) is 12.7. The number of hydrogen-bond donors (Lipinski definition) is 2. The average molecular weight is 657 g/mol. The van der Waals surface area contributed by atoms with E-state index in [2.05, 4.69) is 28.6 Å². The van der Waals surface area contributed by atoms with Gasteiger partial charge in [0, 0.05) is 67.7 Å². The molecule has 1 fully saturated rings. The molecular formula is C35H37ClN6O5. The van der Waals surface area contributed by atoms with E-state index >= 15 is 0 Å². The molecule has 1 aliphatic carbocycles. The number of methoxy groups -OCH3 is 1. The van der Waals surface area contributed by atoms with Crippen molar-refractivity contribution in [2.24, 2.45) is 14.1 Å². The van der Waals surface area contributed by atoms with Gasteiger partial charge in [-0.3, -0.25) is 23.9 Å². The van der Waals surface area contributed by atoms with Crippen LogP contribution in [0.25, 0.3) is 22.4 Å². The van der Waals surface area contributed by atoms with Gasteiger partial charge < -0.3 is 19.9 Å². The summed E-state index contributed by atoms with van der Waals surface area (Å²) in [5.41, 5.74) is 5.17. The number of amides is 2. The maximum absolute atomic E-state index is 13.2. The molecule has 4 aromatic rings. The van der Waals surface area contributed by atoms with E-state index in [-0.39, 0.29) is 23.6 Å². The minimum Gasteiger partial charge on any atom is -0.481 e. The highest BCUT2D eigenvalue weighted by atomic mass is 35.5. The molecule has 47 heavy (non-hydrogen) atoms. The summed E-state index contributed by atoms with van der Waals surface area (Å²) in [6.07, 6.45) is 4.45. The number of carbonyl (C=O) groups is 2. The summed E-state index contributed by atoms with van der Waals surface area (Å²) in [7, 11) is 6.54. The van der Waals surface area contributed by atoms with Crippen LogP contribution in [0, 0.1) is 6.92 Å². The second-order valence-electron chi connectivity index (χ2n) is 12.3. The molecule has 0 spiro atoms. The summed E-state index contributed by atoms with van der Waals surface area (Å²) in [6.45, 7) is 2.63. The van der Waals surface area contributed by atoms with E-state index in [4.69, 9.17) is 21.3 Å². The van der Waals surface area contributed by atoms with Crippen LogP contribution in [-0.2, 0) is 25.3 Å². The smallest absolute Gasteiger partial charge is 0.330 e. The Morgan fingerprint density at radius 1 is 1.09 bits per heavy atom. The van der Waals surface area contributed by atoms with Gasteiger partial charge in [0.2, 0.25) is 11.8 Å². The fourth-order valence-electron chi connectivity index (χ4n) is 6.76. The lowest BCUT2D eigenvalue weighted by atomic mass is 9.96. The van der Waals surface area contributed by atoms with Crippen LogP contribution >= 0.6 is 11.6 Å². The van der Waals surface area contributed by atoms with Crippen molar-refractivity contribution in [3.8, 4) is 28.3 Å². The summed E-state index contributed by atoms with van der Waals surface area (Å²) < 4.78 is 7.95. The van der Waals surface area contributed by atoms with E-state index in [9.17, 15) is 19.2 Å². The maximum Gasteiger partial charge on any atom is 0.330 e. The summed E-state index contributed by atoms with van der Waals surface area (Å²) in [5, 5.41) is 6.40. The van der Waals surface area contributed by atoms with E-state index in [0.29, 0.717) is 28.7 Å². The molecule has 0 bridgehead atoms. The van der Waals surface area contributed by atoms with Gasteiger partial charge in [-0.1, -0.05) is 41.9 Å². The number of rotatable bonds is 8. The Morgan fingerprint density at radius 3 is 2.53 bits per heavy atom. The first-order chi connectivity index (χ1) is 22.5. The molecule has 0 saturated carbocycles. The van der Waals surface area contributed by atoms with Gasteiger partial charge in [0.15, 0.2) is 0 Å².